The Morgan fingerprint density at radius 1 is 1.14 bits per heavy atom. The molecule has 1 heterocycles. The average Bonchev–Trinajstić information content (AvgIpc) is 3.11. The van der Waals surface area contributed by atoms with Crippen molar-refractivity contribution in [3.8, 4) is 0 Å². The monoisotopic (exact) mass is 387 g/mol. The number of nitrogens with zero attached hydrogens (tertiary/aromatic N) is 1. The van der Waals surface area contributed by atoms with Gasteiger partial charge in [0.05, 0.1) is 6.04 Å². The van der Waals surface area contributed by atoms with Gasteiger partial charge in [-0.25, -0.2) is 4.79 Å². The maximum absolute atomic E-state index is 13.5. The van der Waals surface area contributed by atoms with Gasteiger partial charge in [-0.15, -0.1) is 0 Å². The maximum atomic E-state index is 13.5. The zero-order valence-corrected chi connectivity index (χ0v) is 16.5. The lowest BCUT2D eigenvalue weighted by Crippen LogP contribution is -2.55. The molecule has 0 unspecified atom stereocenters. The fourth-order valence-electron chi connectivity index (χ4n) is 4.30. The fraction of sp³-hybridized carbons (Fsp3) is 0.571. The van der Waals surface area contributed by atoms with Crippen LogP contribution in [0.2, 0.25) is 0 Å². The molecule has 1 aliphatic carbocycles. The van der Waals surface area contributed by atoms with Gasteiger partial charge in [0.1, 0.15) is 6.04 Å². The van der Waals surface area contributed by atoms with Crippen molar-refractivity contribution < 1.29 is 19.5 Å². The molecule has 2 aliphatic rings. The molecule has 7 heteroatoms. The predicted octanol–water partition coefficient (Wildman–Crippen LogP) is 1.83. The Bertz CT molecular complexity index is 745. The first-order chi connectivity index (χ1) is 13.4. The molecule has 1 fully saturated rings. The third kappa shape index (κ3) is 4.04. The first kappa shape index (κ1) is 20.3. The standard InChI is InChI=1S/C21H29N3O4/c1-13(22-2)19(25)23-17(14-8-4-3-5-9-14)20(26)24-12-15-10-6-7-11-16(15)18(24)21(27)28/h6-7,10-11,13-14,17-18,22H,3-5,8-9,12H2,1-2H3,(H,23,25)(H,27,28)/t13-,17-,18-/m0/s1. The van der Waals surface area contributed by atoms with E-state index in [1.54, 1.807) is 26.1 Å². The lowest BCUT2D eigenvalue weighted by Gasteiger charge is -2.34. The van der Waals surface area contributed by atoms with Gasteiger partial charge < -0.3 is 20.6 Å². The third-order valence-corrected chi connectivity index (χ3v) is 6.03. The predicted molar refractivity (Wildman–Crippen MR) is 104 cm³/mol. The molecule has 0 saturated heterocycles. The summed E-state index contributed by atoms with van der Waals surface area (Å²) in [6.07, 6.45) is 4.90. The summed E-state index contributed by atoms with van der Waals surface area (Å²) in [7, 11) is 1.69. The van der Waals surface area contributed by atoms with Crippen molar-refractivity contribution in [3.63, 3.8) is 0 Å². The second kappa shape index (κ2) is 8.73. The molecule has 0 bridgehead atoms. The molecule has 2 amide bonds. The van der Waals surface area contributed by atoms with Crippen LogP contribution in [-0.4, -0.2) is 46.9 Å². The summed E-state index contributed by atoms with van der Waals surface area (Å²) in [5.74, 6) is -1.55. The summed E-state index contributed by atoms with van der Waals surface area (Å²) in [6, 6.07) is 5.13. The summed E-state index contributed by atoms with van der Waals surface area (Å²) >= 11 is 0. The molecular formula is C21H29N3O4. The van der Waals surface area contributed by atoms with Crippen molar-refractivity contribution in [3.05, 3.63) is 35.4 Å². The average molecular weight is 387 g/mol. The molecule has 0 aromatic heterocycles. The minimum Gasteiger partial charge on any atom is -0.479 e. The number of carbonyl (C=O) groups excluding carboxylic acids is 2. The zero-order valence-electron chi connectivity index (χ0n) is 16.5. The Morgan fingerprint density at radius 3 is 2.46 bits per heavy atom. The quantitative estimate of drug-likeness (QED) is 0.692. The molecule has 7 nitrogen and oxygen atoms in total. The van der Waals surface area contributed by atoms with Crippen LogP contribution in [0.25, 0.3) is 0 Å². The summed E-state index contributed by atoms with van der Waals surface area (Å²) in [5.41, 5.74) is 1.50. The van der Waals surface area contributed by atoms with Gasteiger partial charge in [0, 0.05) is 6.54 Å². The van der Waals surface area contributed by atoms with Crippen LogP contribution in [0.3, 0.4) is 0 Å². The number of fused-ring (bicyclic) bond motifs is 1. The van der Waals surface area contributed by atoms with Crippen LogP contribution in [-0.2, 0) is 20.9 Å². The van der Waals surface area contributed by atoms with Gasteiger partial charge >= 0.3 is 5.97 Å². The van der Waals surface area contributed by atoms with E-state index < -0.39 is 24.1 Å². The number of nitrogens with one attached hydrogen (secondary N) is 2. The SMILES string of the molecule is CN[C@@H](C)C(=O)N[C@H](C(=O)N1Cc2ccccc2[C@H]1C(=O)O)C1CCCCC1. The molecular weight excluding hydrogens is 358 g/mol. The van der Waals surface area contributed by atoms with Gasteiger partial charge in [-0.05, 0) is 43.9 Å². The topological polar surface area (TPSA) is 98.7 Å². The highest BCUT2D eigenvalue weighted by Gasteiger charge is 2.43. The van der Waals surface area contributed by atoms with Crippen molar-refractivity contribution in [1.29, 1.82) is 0 Å². The minimum absolute atomic E-state index is 0.0346. The molecule has 0 radical (unpaired) electrons. The van der Waals surface area contributed by atoms with Crippen LogP contribution < -0.4 is 10.6 Å². The van der Waals surface area contributed by atoms with Gasteiger partial charge in [0.2, 0.25) is 11.8 Å². The molecule has 1 aromatic carbocycles. The Morgan fingerprint density at radius 2 is 1.82 bits per heavy atom. The van der Waals surface area contributed by atoms with E-state index in [2.05, 4.69) is 10.6 Å². The van der Waals surface area contributed by atoms with Crippen molar-refractivity contribution >= 4 is 17.8 Å². The van der Waals surface area contributed by atoms with Gasteiger partial charge in [-0.3, -0.25) is 9.59 Å². The number of likely N-dealkylation sites (N-methyl/N-ethyl adjacent to an activating group) is 1. The maximum Gasteiger partial charge on any atom is 0.331 e. The van der Waals surface area contributed by atoms with Gasteiger partial charge in [0.25, 0.3) is 0 Å². The van der Waals surface area contributed by atoms with Crippen molar-refractivity contribution in [2.24, 2.45) is 5.92 Å². The molecule has 3 rings (SSSR count). The number of carboxylic acids is 1. The van der Waals surface area contributed by atoms with Crippen LogP contribution in [0.15, 0.2) is 24.3 Å². The van der Waals surface area contributed by atoms with Crippen LogP contribution in [0.1, 0.15) is 56.2 Å². The van der Waals surface area contributed by atoms with Crippen LogP contribution >= 0.6 is 0 Å². The summed E-state index contributed by atoms with van der Waals surface area (Å²) in [6.45, 7) is 2.00. The highest BCUT2D eigenvalue weighted by atomic mass is 16.4. The number of benzene rings is 1. The summed E-state index contributed by atoms with van der Waals surface area (Å²) < 4.78 is 0. The minimum atomic E-state index is -1.05. The van der Waals surface area contributed by atoms with Crippen LogP contribution in [0.4, 0.5) is 0 Å². The summed E-state index contributed by atoms with van der Waals surface area (Å²) in [5, 5.41) is 15.6. The van der Waals surface area contributed by atoms with E-state index in [1.165, 1.54) is 4.90 Å². The number of hydrogen-bond donors (Lipinski definition) is 3. The Labute approximate surface area is 165 Å². The molecule has 3 N–H and O–H groups in total. The largest absolute Gasteiger partial charge is 0.479 e. The second-order valence-electron chi connectivity index (χ2n) is 7.80. The van der Waals surface area contributed by atoms with Crippen molar-refractivity contribution in [2.45, 2.75) is 63.7 Å². The van der Waals surface area contributed by atoms with E-state index in [1.807, 2.05) is 12.1 Å². The first-order valence-corrected chi connectivity index (χ1v) is 10.0. The van der Waals surface area contributed by atoms with Crippen molar-refractivity contribution in [2.75, 3.05) is 7.05 Å². The number of aliphatic carboxylic acids is 1. The van der Waals surface area contributed by atoms with E-state index >= 15 is 0 Å². The molecule has 1 saturated carbocycles. The lowest BCUT2D eigenvalue weighted by molar-refractivity contribution is -0.152. The fourth-order valence-corrected chi connectivity index (χ4v) is 4.30. The number of amides is 2. The normalized spacial score (nSPS) is 21.6. The highest BCUT2D eigenvalue weighted by molar-refractivity contribution is 5.93. The molecule has 152 valence electrons. The van der Waals surface area contributed by atoms with Crippen LogP contribution in [0.5, 0.6) is 0 Å². The Kier molecular flexibility index (Phi) is 6.34. The van der Waals surface area contributed by atoms with E-state index in [-0.39, 0.29) is 24.3 Å². The number of carbonyl (C=O) groups is 3. The van der Waals surface area contributed by atoms with Gasteiger partial charge in [0.15, 0.2) is 6.04 Å². The smallest absolute Gasteiger partial charge is 0.331 e. The zero-order chi connectivity index (χ0) is 20.3. The Balaban J connectivity index is 1.87. The number of rotatable bonds is 6. The second-order valence-corrected chi connectivity index (χ2v) is 7.80. The third-order valence-electron chi connectivity index (χ3n) is 6.03. The summed E-state index contributed by atoms with van der Waals surface area (Å²) in [4.78, 5) is 39.4. The lowest BCUT2D eigenvalue weighted by atomic mass is 9.83. The molecule has 3 atom stereocenters. The van der Waals surface area contributed by atoms with Crippen molar-refractivity contribution in [1.82, 2.24) is 15.5 Å². The Hall–Kier alpha value is -2.41. The van der Waals surface area contributed by atoms with E-state index in [9.17, 15) is 19.5 Å². The molecule has 0 spiro atoms. The molecule has 28 heavy (non-hydrogen) atoms. The van der Waals surface area contributed by atoms with E-state index in [4.69, 9.17) is 0 Å². The molecule has 1 aromatic rings. The van der Waals surface area contributed by atoms with E-state index in [0.717, 1.165) is 37.7 Å². The van der Waals surface area contributed by atoms with Crippen LogP contribution in [0, 0.1) is 5.92 Å². The first-order valence-electron chi connectivity index (χ1n) is 10.0. The van der Waals surface area contributed by atoms with Gasteiger partial charge in [-0.2, -0.15) is 0 Å². The molecule has 1 aliphatic heterocycles. The number of carboxylic acid groups (broad SMARTS) is 1. The van der Waals surface area contributed by atoms with E-state index in [0.29, 0.717) is 5.56 Å². The highest BCUT2D eigenvalue weighted by Crippen LogP contribution is 2.36. The number of hydrogen-bond acceptors (Lipinski definition) is 4. The van der Waals surface area contributed by atoms with Gasteiger partial charge in [-0.1, -0.05) is 43.5 Å².